The number of nitrogens with zero attached hydrogens (tertiary/aromatic N) is 2. The zero-order chi connectivity index (χ0) is 25.0. The lowest BCUT2D eigenvalue weighted by atomic mass is 9.54. The van der Waals surface area contributed by atoms with Gasteiger partial charge in [0.15, 0.2) is 0 Å². The third-order valence-corrected chi connectivity index (χ3v) is 10.6. The molecule has 1 saturated carbocycles. The van der Waals surface area contributed by atoms with Crippen molar-refractivity contribution in [3.05, 3.63) is 71.6 Å². The first-order chi connectivity index (χ1) is 17.2. The van der Waals surface area contributed by atoms with Gasteiger partial charge in [-0.1, -0.05) is 50.3 Å². The van der Waals surface area contributed by atoms with Crippen molar-refractivity contribution in [3.8, 4) is 0 Å². The summed E-state index contributed by atoms with van der Waals surface area (Å²) >= 11 is 0. The van der Waals surface area contributed by atoms with Crippen LogP contribution in [-0.4, -0.2) is 63.6 Å². The van der Waals surface area contributed by atoms with Gasteiger partial charge >= 0.3 is 0 Å². The smallest absolute Gasteiger partial charge is 0.105 e. The van der Waals surface area contributed by atoms with Crippen molar-refractivity contribution in [3.63, 3.8) is 0 Å². The van der Waals surface area contributed by atoms with Crippen LogP contribution in [0.2, 0.25) is 0 Å². The normalized spacial score (nSPS) is 43.0. The van der Waals surface area contributed by atoms with Crippen molar-refractivity contribution in [2.75, 3.05) is 14.1 Å². The van der Waals surface area contributed by atoms with Crippen LogP contribution in [0, 0.1) is 17.3 Å². The summed E-state index contributed by atoms with van der Waals surface area (Å²) in [5, 5.41) is 24.6. The Morgan fingerprint density at radius 2 is 1.97 bits per heavy atom. The van der Waals surface area contributed by atoms with Gasteiger partial charge in [0.2, 0.25) is 0 Å². The first-order valence-corrected chi connectivity index (χ1v) is 13.4. The molecule has 188 valence electrons. The van der Waals surface area contributed by atoms with E-state index >= 15 is 0 Å². The molecule has 2 spiro atoms. The second kappa shape index (κ2) is 7.38. The average Bonchev–Trinajstić information content (AvgIpc) is 3.39. The Balaban J connectivity index is 1.36. The Morgan fingerprint density at radius 3 is 2.78 bits per heavy atom. The molecule has 2 aromatic rings. The molecule has 1 aromatic heterocycles. The predicted octanol–water partition coefficient (Wildman–Crippen LogP) is 4.50. The Bertz CT molecular complexity index is 1360. The fourth-order valence-corrected chi connectivity index (χ4v) is 8.58. The minimum absolute atomic E-state index is 0.0712. The molecule has 2 bridgehead atoms. The van der Waals surface area contributed by atoms with E-state index in [0.29, 0.717) is 18.3 Å². The van der Waals surface area contributed by atoms with E-state index in [1.54, 1.807) is 0 Å². The standard InChI is InChI=1S/C31H36N2O3/c1-18-14-20-15-24-27(34)28(35)25(33(3)4)16-30(24)11-12-31(20,36-30)26-9-8-23(29(18,26)2)21-7-5-6-19-10-13-32-17-22(19)21/h5-8,10,13-15,17-18,25-28,34-35H,9,11-12,16H2,1-4H3/t18?,25-,26?,27+,28+,29+,30+,31+/m0/s1. The van der Waals surface area contributed by atoms with Gasteiger partial charge < -0.3 is 19.8 Å². The number of pyridine rings is 1. The van der Waals surface area contributed by atoms with E-state index in [2.05, 4.69) is 61.3 Å². The largest absolute Gasteiger partial charge is 0.388 e. The van der Waals surface area contributed by atoms with Gasteiger partial charge in [0.1, 0.15) is 6.10 Å². The van der Waals surface area contributed by atoms with Crippen molar-refractivity contribution in [1.82, 2.24) is 9.88 Å². The topological polar surface area (TPSA) is 65.8 Å². The molecule has 2 unspecified atom stereocenters. The number of fused-ring (bicyclic) bond motifs is 2. The van der Waals surface area contributed by atoms with Gasteiger partial charge in [0, 0.05) is 35.2 Å². The minimum Gasteiger partial charge on any atom is -0.388 e. The van der Waals surface area contributed by atoms with Gasteiger partial charge in [-0.05, 0) is 79.4 Å². The van der Waals surface area contributed by atoms with Crippen molar-refractivity contribution in [1.29, 1.82) is 0 Å². The number of aliphatic hydroxyl groups is 2. The number of hydrogen-bond donors (Lipinski definition) is 2. The summed E-state index contributed by atoms with van der Waals surface area (Å²) in [5.41, 5.74) is 3.86. The minimum atomic E-state index is -0.896. The highest BCUT2D eigenvalue weighted by molar-refractivity contribution is 5.95. The zero-order valence-corrected chi connectivity index (χ0v) is 21.6. The maximum absolute atomic E-state index is 11.2. The maximum Gasteiger partial charge on any atom is 0.105 e. The molecule has 0 radical (unpaired) electrons. The lowest BCUT2D eigenvalue weighted by Gasteiger charge is -2.57. The van der Waals surface area contributed by atoms with Crippen LogP contribution in [-0.2, 0) is 4.74 Å². The monoisotopic (exact) mass is 484 g/mol. The van der Waals surface area contributed by atoms with Crippen LogP contribution >= 0.6 is 0 Å². The number of hydrogen-bond acceptors (Lipinski definition) is 5. The van der Waals surface area contributed by atoms with Crippen LogP contribution in [0.4, 0.5) is 0 Å². The number of likely N-dealkylation sites (N-methyl/N-ethyl adjacent to an activating group) is 1. The quantitative estimate of drug-likeness (QED) is 0.657. The SMILES string of the molecule is CC1C=C2C=C3[C@@H](O)[C@H](O)[C@@H](N(C)C)C[C@]34CC[C@]2(O4)C2CC=C(c3cccc4ccncc34)[C@@]12C. The fraction of sp³-hybridized carbons (Fsp3) is 0.516. The van der Waals surface area contributed by atoms with Crippen molar-refractivity contribution >= 4 is 16.3 Å². The molecule has 8 atom stereocenters. The Kier molecular flexibility index (Phi) is 4.69. The Morgan fingerprint density at radius 1 is 1.14 bits per heavy atom. The second-order valence-corrected chi connectivity index (χ2v) is 12.3. The summed E-state index contributed by atoms with van der Waals surface area (Å²) in [4.78, 5) is 6.49. The lowest BCUT2D eigenvalue weighted by molar-refractivity contribution is -0.165. The molecule has 2 N–H and O–H groups in total. The van der Waals surface area contributed by atoms with E-state index in [4.69, 9.17) is 4.74 Å². The third kappa shape index (κ3) is 2.67. The van der Waals surface area contributed by atoms with Crippen LogP contribution in [0.3, 0.4) is 0 Å². The Hall–Kier alpha value is -2.31. The second-order valence-electron chi connectivity index (χ2n) is 12.3. The predicted molar refractivity (Wildman–Crippen MR) is 141 cm³/mol. The van der Waals surface area contributed by atoms with E-state index in [-0.39, 0.29) is 17.1 Å². The zero-order valence-electron chi connectivity index (χ0n) is 21.6. The van der Waals surface area contributed by atoms with Crippen LogP contribution in [0.5, 0.6) is 0 Å². The van der Waals surface area contributed by atoms with Crippen LogP contribution < -0.4 is 0 Å². The summed E-state index contributed by atoms with van der Waals surface area (Å²) in [6.45, 7) is 4.77. The number of rotatable bonds is 2. The summed E-state index contributed by atoms with van der Waals surface area (Å²) in [7, 11) is 3.97. The van der Waals surface area contributed by atoms with Crippen molar-refractivity contribution < 1.29 is 14.9 Å². The highest BCUT2D eigenvalue weighted by Gasteiger charge is 2.68. The molecule has 5 aliphatic rings. The number of aromatic nitrogens is 1. The molecule has 7 rings (SSSR count). The summed E-state index contributed by atoms with van der Waals surface area (Å²) < 4.78 is 7.30. The lowest BCUT2D eigenvalue weighted by Crippen LogP contribution is -2.62. The molecule has 5 nitrogen and oxygen atoms in total. The Labute approximate surface area is 213 Å². The van der Waals surface area contributed by atoms with Gasteiger partial charge in [-0.15, -0.1) is 0 Å². The molecule has 3 aliphatic carbocycles. The molecule has 36 heavy (non-hydrogen) atoms. The first-order valence-electron chi connectivity index (χ1n) is 13.4. The summed E-state index contributed by atoms with van der Waals surface area (Å²) in [6.07, 6.45) is 12.8. The van der Waals surface area contributed by atoms with Gasteiger partial charge in [-0.2, -0.15) is 0 Å². The first kappa shape index (κ1) is 22.9. The van der Waals surface area contributed by atoms with Crippen LogP contribution in [0.25, 0.3) is 16.3 Å². The molecular formula is C31H36N2O3. The highest BCUT2D eigenvalue weighted by Crippen LogP contribution is 2.69. The van der Waals surface area contributed by atoms with E-state index in [9.17, 15) is 10.2 Å². The number of allylic oxidation sites excluding steroid dienone is 3. The average molecular weight is 485 g/mol. The third-order valence-electron chi connectivity index (χ3n) is 10.6. The van der Waals surface area contributed by atoms with E-state index < -0.39 is 17.8 Å². The van der Waals surface area contributed by atoms with Gasteiger partial charge in [0.25, 0.3) is 0 Å². The molecular weight excluding hydrogens is 448 g/mol. The fourth-order valence-electron chi connectivity index (χ4n) is 8.58. The van der Waals surface area contributed by atoms with Crippen LogP contribution in [0.15, 0.2) is 66.0 Å². The van der Waals surface area contributed by atoms with Crippen molar-refractivity contribution in [2.45, 2.75) is 69.0 Å². The number of benzene rings is 1. The molecule has 1 aromatic carbocycles. The molecule has 3 heterocycles. The van der Waals surface area contributed by atoms with E-state index in [0.717, 1.165) is 24.8 Å². The molecule has 0 amide bonds. The van der Waals surface area contributed by atoms with E-state index in [1.807, 2.05) is 31.4 Å². The molecule has 2 fully saturated rings. The number of ether oxygens (including phenoxy) is 1. The highest BCUT2D eigenvalue weighted by atomic mass is 16.5. The van der Waals surface area contributed by atoms with Gasteiger partial charge in [0.05, 0.1) is 17.3 Å². The van der Waals surface area contributed by atoms with Crippen molar-refractivity contribution in [2.24, 2.45) is 17.3 Å². The number of aliphatic hydroxyl groups excluding tert-OH is 2. The van der Waals surface area contributed by atoms with Crippen LogP contribution in [0.1, 0.15) is 45.1 Å². The summed E-state index contributed by atoms with van der Waals surface area (Å²) in [5.74, 6) is 0.624. The molecule has 1 saturated heterocycles. The maximum atomic E-state index is 11.2. The van der Waals surface area contributed by atoms with Gasteiger partial charge in [-0.25, -0.2) is 0 Å². The van der Waals surface area contributed by atoms with E-state index in [1.165, 1.54) is 27.5 Å². The molecule has 5 heteroatoms. The molecule has 2 aliphatic heterocycles. The summed E-state index contributed by atoms with van der Waals surface area (Å²) in [6, 6.07) is 8.54. The van der Waals surface area contributed by atoms with Gasteiger partial charge in [-0.3, -0.25) is 4.98 Å².